The summed E-state index contributed by atoms with van der Waals surface area (Å²) in [6.45, 7) is 2.57. The van der Waals surface area contributed by atoms with Gasteiger partial charge in [-0.05, 0) is 43.5 Å². The Kier molecular flexibility index (Phi) is 7.03. The molecule has 1 aliphatic rings. The topological polar surface area (TPSA) is 38.3 Å². The van der Waals surface area contributed by atoms with Crippen molar-refractivity contribution in [3.8, 4) is 5.75 Å². The molecule has 1 N–H and O–H groups in total. The Balaban J connectivity index is 1.70. The average Bonchev–Trinajstić information content (AvgIpc) is 3.04. The number of ether oxygens (including phenoxy) is 1. The summed E-state index contributed by atoms with van der Waals surface area (Å²) in [7, 11) is 0. The first kappa shape index (κ1) is 17.1. The van der Waals surface area contributed by atoms with Crippen molar-refractivity contribution in [1.29, 1.82) is 0 Å². The van der Waals surface area contributed by atoms with Gasteiger partial charge in [-0.1, -0.05) is 19.8 Å². The molecule has 1 aromatic carbocycles. The Morgan fingerprint density at radius 1 is 1.36 bits per heavy atom. The van der Waals surface area contributed by atoms with E-state index in [0.29, 0.717) is 18.7 Å². The van der Waals surface area contributed by atoms with Gasteiger partial charge in [-0.25, -0.2) is 4.39 Å². The van der Waals surface area contributed by atoms with Crippen molar-refractivity contribution in [2.45, 2.75) is 50.4 Å². The number of carbonyl (C=O) groups excluding carboxylic acids is 1. The van der Waals surface area contributed by atoms with Gasteiger partial charge in [0, 0.05) is 17.5 Å². The summed E-state index contributed by atoms with van der Waals surface area (Å²) < 4.78 is 18.5. The summed E-state index contributed by atoms with van der Waals surface area (Å²) >= 11 is 1.95. The molecule has 1 saturated carbocycles. The first-order valence-electron chi connectivity index (χ1n) is 8.00. The van der Waals surface area contributed by atoms with E-state index in [4.69, 9.17) is 4.74 Å². The second-order valence-electron chi connectivity index (χ2n) is 5.54. The van der Waals surface area contributed by atoms with Crippen LogP contribution in [0.1, 0.15) is 39.0 Å². The summed E-state index contributed by atoms with van der Waals surface area (Å²) in [4.78, 5) is 12.1. The molecule has 3 nitrogen and oxygen atoms in total. The van der Waals surface area contributed by atoms with Gasteiger partial charge in [0.05, 0.1) is 0 Å². The third-order valence-corrected chi connectivity index (χ3v) is 5.19. The summed E-state index contributed by atoms with van der Waals surface area (Å²) in [5.74, 6) is 1.06. The molecule has 0 radical (unpaired) electrons. The van der Waals surface area contributed by atoms with Gasteiger partial charge in [0.25, 0.3) is 5.91 Å². The van der Waals surface area contributed by atoms with Crippen LogP contribution in [0.2, 0.25) is 0 Å². The molecule has 0 saturated heterocycles. The number of benzene rings is 1. The van der Waals surface area contributed by atoms with Crippen molar-refractivity contribution >= 4 is 17.7 Å². The van der Waals surface area contributed by atoms with Crippen LogP contribution < -0.4 is 10.1 Å². The quantitative estimate of drug-likeness (QED) is 0.739. The Hall–Kier alpha value is -1.23. The van der Waals surface area contributed by atoms with Crippen LogP contribution >= 0.6 is 11.8 Å². The fourth-order valence-electron chi connectivity index (χ4n) is 2.57. The highest BCUT2D eigenvalue weighted by Crippen LogP contribution is 2.28. The monoisotopic (exact) mass is 325 g/mol. The molecule has 2 rings (SSSR count). The predicted octanol–water partition coefficient (Wildman–Crippen LogP) is 3.78. The Labute approximate surface area is 136 Å². The molecule has 22 heavy (non-hydrogen) atoms. The maximum absolute atomic E-state index is 12.9. The first-order chi connectivity index (χ1) is 10.7. The Morgan fingerprint density at radius 3 is 2.68 bits per heavy atom. The minimum atomic E-state index is -0.526. The van der Waals surface area contributed by atoms with Crippen LogP contribution in [0.4, 0.5) is 4.39 Å². The number of thioether (sulfide) groups is 1. The molecule has 1 amide bonds. The lowest BCUT2D eigenvalue weighted by Gasteiger charge is -2.17. The largest absolute Gasteiger partial charge is 0.481 e. The zero-order valence-electron chi connectivity index (χ0n) is 13.0. The number of halogens is 1. The molecule has 0 aliphatic heterocycles. The minimum absolute atomic E-state index is 0.0983. The number of amides is 1. The molecule has 0 spiro atoms. The van der Waals surface area contributed by atoms with Crippen molar-refractivity contribution in [2.75, 3.05) is 12.3 Å². The van der Waals surface area contributed by atoms with Crippen LogP contribution in [0.5, 0.6) is 5.75 Å². The van der Waals surface area contributed by atoms with E-state index in [9.17, 15) is 9.18 Å². The van der Waals surface area contributed by atoms with E-state index < -0.39 is 6.10 Å². The van der Waals surface area contributed by atoms with Crippen LogP contribution in [0.25, 0.3) is 0 Å². The standard InChI is InChI=1S/C17H24FNO2S/c1-2-16(21-14-9-7-13(18)8-10-14)17(20)19-11-12-22-15-5-3-4-6-15/h7-10,15-16H,2-6,11-12H2,1H3,(H,19,20)/t16-/m0/s1. The molecular weight excluding hydrogens is 301 g/mol. The maximum atomic E-state index is 12.9. The molecule has 0 heterocycles. The number of hydrogen-bond donors (Lipinski definition) is 1. The SMILES string of the molecule is CC[C@H](Oc1ccc(F)cc1)C(=O)NCCSC1CCCC1. The summed E-state index contributed by atoms with van der Waals surface area (Å²) in [6.07, 6.45) is 5.36. The van der Waals surface area contributed by atoms with Crippen LogP contribution in [-0.4, -0.2) is 29.6 Å². The Morgan fingerprint density at radius 2 is 2.05 bits per heavy atom. The minimum Gasteiger partial charge on any atom is -0.481 e. The van der Waals surface area contributed by atoms with E-state index in [1.165, 1.54) is 37.8 Å². The molecule has 1 aromatic rings. The van der Waals surface area contributed by atoms with Crippen LogP contribution in [0, 0.1) is 5.82 Å². The lowest BCUT2D eigenvalue weighted by Crippen LogP contribution is -2.39. The summed E-state index contributed by atoms with van der Waals surface area (Å²) in [5, 5.41) is 3.70. The lowest BCUT2D eigenvalue weighted by molar-refractivity contribution is -0.127. The van der Waals surface area contributed by atoms with Gasteiger partial charge in [-0.2, -0.15) is 11.8 Å². The average molecular weight is 325 g/mol. The van der Waals surface area contributed by atoms with Gasteiger partial charge < -0.3 is 10.1 Å². The third kappa shape index (κ3) is 5.52. The molecule has 1 aliphatic carbocycles. The van der Waals surface area contributed by atoms with Crippen molar-refractivity contribution < 1.29 is 13.9 Å². The van der Waals surface area contributed by atoms with E-state index in [0.717, 1.165) is 11.0 Å². The summed E-state index contributed by atoms with van der Waals surface area (Å²) in [6, 6.07) is 5.75. The highest BCUT2D eigenvalue weighted by molar-refractivity contribution is 7.99. The second kappa shape index (κ2) is 9.03. The number of nitrogens with one attached hydrogen (secondary N) is 1. The van der Waals surface area contributed by atoms with Gasteiger partial charge in [0.1, 0.15) is 11.6 Å². The maximum Gasteiger partial charge on any atom is 0.261 e. The third-order valence-electron chi connectivity index (χ3n) is 3.81. The zero-order valence-corrected chi connectivity index (χ0v) is 13.8. The molecule has 0 bridgehead atoms. The first-order valence-corrected chi connectivity index (χ1v) is 9.05. The van der Waals surface area contributed by atoms with Crippen molar-refractivity contribution in [3.63, 3.8) is 0 Å². The summed E-state index contributed by atoms with van der Waals surface area (Å²) in [5.41, 5.74) is 0. The molecule has 0 unspecified atom stereocenters. The second-order valence-corrected chi connectivity index (χ2v) is 6.95. The lowest BCUT2D eigenvalue weighted by atomic mass is 10.2. The fourth-order valence-corrected chi connectivity index (χ4v) is 3.79. The molecule has 1 fully saturated rings. The van der Waals surface area contributed by atoms with E-state index in [-0.39, 0.29) is 11.7 Å². The Bertz CT molecular complexity index is 460. The smallest absolute Gasteiger partial charge is 0.261 e. The van der Waals surface area contributed by atoms with E-state index >= 15 is 0 Å². The highest BCUT2D eigenvalue weighted by Gasteiger charge is 2.19. The van der Waals surface area contributed by atoms with Crippen molar-refractivity contribution in [3.05, 3.63) is 30.1 Å². The molecule has 122 valence electrons. The normalized spacial score (nSPS) is 16.5. The van der Waals surface area contributed by atoms with Crippen molar-refractivity contribution in [1.82, 2.24) is 5.32 Å². The molecule has 0 aromatic heterocycles. The van der Waals surface area contributed by atoms with Crippen LogP contribution in [-0.2, 0) is 4.79 Å². The van der Waals surface area contributed by atoms with Crippen LogP contribution in [0.3, 0.4) is 0 Å². The van der Waals surface area contributed by atoms with Crippen LogP contribution in [0.15, 0.2) is 24.3 Å². The van der Waals surface area contributed by atoms with Gasteiger partial charge in [0.15, 0.2) is 6.10 Å². The van der Waals surface area contributed by atoms with Gasteiger partial charge in [0.2, 0.25) is 0 Å². The van der Waals surface area contributed by atoms with E-state index in [1.54, 1.807) is 12.1 Å². The highest BCUT2D eigenvalue weighted by atomic mass is 32.2. The number of hydrogen-bond acceptors (Lipinski definition) is 3. The van der Waals surface area contributed by atoms with Crippen molar-refractivity contribution in [2.24, 2.45) is 0 Å². The molecule has 5 heteroatoms. The number of rotatable bonds is 8. The van der Waals surface area contributed by atoms with E-state index in [1.807, 2.05) is 18.7 Å². The predicted molar refractivity (Wildman–Crippen MR) is 88.8 cm³/mol. The molecular formula is C17H24FNO2S. The van der Waals surface area contributed by atoms with Gasteiger partial charge in [-0.3, -0.25) is 4.79 Å². The van der Waals surface area contributed by atoms with Gasteiger partial charge in [-0.15, -0.1) is 0 Å². The van der Waals surface area contributed by atoms with Gasteiger partial charge >= 0.3 is 0 Å². The number of carbonyl (C=O) groups is 1. The zero-order chi connectivity index (χ0) is 15.8. The molecule has 1 atom stereocenters. The van der Waals surface area contributed by atoms with E-state index in [2.05, 4.69) is 5.32 Å². The fraction of sp³-hybridized carbons (Fsp3) is 0.588.